The van der Waals surface area contributed by atoms with Gasteiger partial charge < -0.3 is 14.8 Å². The molecule has 3 aromatic rings. The minimum Gasteiger partial charge on any atom is -0.489 e. The molecule has 1 aliphatic rings. The Kier molecular flexibility index (Phi) is 7.39. The van der Waals surface area contributed by atoms with Crippen LogP contribution in [0.3, 0.4) is 0 Å². The molecule has 0 radical (unpaired) electrons. The molecule has 0 aliphatic carbocycles. The van der Waals surface area contributed by atoms with Gasteiger partial charge in [0.1, 0.15) is 12.4 Å². The predicted octanol–water partition coefficient (Wildman–Crippen LogP) is 3.22. The van der Waals surface area contributed by atoms with Crippen LogP contribution in [0.25, 0.3) is 0 Å². The van der Waals surface area contributed by atoms with E-state index in [0.717, 1.165) is 16.9 Å². The van der Waals surface area contributed by atoms with Gasteiger partial charge in [-0.1, -0.05) is 48.5 Å². The van der Waals surface area contributed by atoms with E-state index in [0.29, 0.717) is 45.0 Å². The van der Waals surface area contributed by atoms with Crippen molar-refractivity contribution in [2.75, 3.05) is 26.3 Å². The molecule has 8 heteroatoms. The van der Waals surface area contributed by atoms with Crippen LogP contribution in [0.4, 0.5) is 0 Å². The van der Waals surface area contributed by atoms with Crippen molar-refractivity contribution in [3.63, 3.8) is 0 Å². The van der Waals surface area contributed by atoms with Gasteiger partial charge in [0.05, 0.1) is 18.1 Å². The van der Waals surface area contributed by atoms with E-state index in [9.17, 15) is 13.2 Å². The van der Waals surface area contributed by atoms with E-state index >= 15 is 0 Å². The van der Waals surface area contributed by atoms with Crippen LogP contribution in [0.15, 0.2) is 83.8 Å². The number of sulfonamides is 1. The number of ether oxygens (including phenoxy) is 2. The third-order valence-electron chi connectivity index (χ3n) is 5.33. The summed E-state index contributed by atoms with van der Waals surface area (Å²) in [7, 11) is -3.65. The molecule has 0 aromatic heterocycles. The Bertz CT molecular complexity index is 1170. The van der Waals surface area contributed by atoms with E-state index in [1.165, 1.54) is 16.4 Å². The normalized spacial score (nSPS) is 14.5. The van der Waals surface area contributed by atoms with Crippen LogP contribution < -0.4 is 10.1 Å². The predicted molar refractivity (Wildman–Crippen MR) is 124 cm³/mol. The van der Waals surface area contributed by atoms with Gasteiger partial charge in [-0.15, -0.1) is 0 Å². The first-order valence-electron chi connectivity index (χ1n) is 10.7. The highest BCUT2D eigenvalue weighted by Crippen LogP contribution is 2.18. The van der Waals surface area contributed by atoms with Gasteiger partial charge in [0, 0.05) is 25.2 Å². The van der Waals surface area contributed by atoms with E-state index < -0.39 is 10.0 Å². The first-order chi connectivity index (χ1) is 16.0. The van der Waals surface area contributed by atoms with Crippen LogP contribution in [0.5, 0.6) is 5.75 Å². The van der Waals surface area contributed by atoms with Gasteiger partial charge in [-0.2, -0.15) is 4.31 Å². The maximum atomic E-state index is 12.8. The summed E-state index contributed by atoms with van der Waals surface area (Å²) in [4.78, 5) is 12.8. The fourth-order valence-corrected chi connectivity index (χ4v) is 4.91. The van der Waals surface area contributed by atoms with Gasteiger partial charge in [-0.25, -0.2) is 8.42 Å². The Morgan fingerprint density at radius 1 is 0.909 bits per heavy atom. The minimum atomic E-state index is -3.65. The number of rotatable bonds is 8. The average molecular weight is 467 g/mol. The fourth-order valence-electron chi connectivity index (χ4n) is 3.45. The van der Waals surface area contributed by atoms with Crippen molar-refractivity contribution in [3.05, 3.63) is 95.6 Å². The molecular weight excluding hydrogens is 440 g/mol. The minimum absolute atomic E-state index is 0.111. The van der Waals surface area contributed by atoms with E-state index in [1.807, 2.05) is 54.6 Å². The second kappa shape index (κ2) is 10.6. The Hall–Kier alpha value is -3.20. The Balaban J connectivity index is 1.33. The van der Waals surface area contributed by atoms with E-state index in [2.05, 4.69) is 5.32 Å². The van der Waals surface area contributed by atoms with Gasteiger partial charge in [-0.05, 0) is 41.5 Å². The molecule has 1 N–H and O–H groups in total. The summed E-state index contributed by atoms with van der Waals surface area (Å²) in [6.07, 6.45) is 0. The summed E-state index contributed by atoms with van der Waals surface area (Å²) in [5.41, 5.74) is 2.26. The SMILES string of the molecule is O=C(NCc1ccc(COc2ccccc2)cc1)c1cccc(S(=O)(=O)N2CCOCC2)c1. The summed E-state index contributed by atoms with van der Waals surface area (Å²) in [6.45, 7) is 2.16. The molecule has 0 atom stereocenters. The zero-order valence-electron chi connectivity index (χ0n) is 18.1. The largest absolute Gasteiger partial charge is 0.489 e. The van der Waals surface area contributed by atoms with Crippen molar-refractivity contribution in [1.29, 1.82) is 0 Å². The quantitative estimate of drug-likeness (QED) is 0.551. The Morgan fingerprint density at radius 3 is 2.33 bits per heavy atom. The van der Waals surface area contributed by atoms with Crippen LogP contribution >= 0.6 is 0 Å². The molecule has 1 aliphatic heterocycles. The van der Waals surface area contributed by atoms with Gasteiger partial charge in [0.15, 0.2) is 0 Å². The number of hydrogen-bond acceptors (Lipinski definition) is 5. The smallest absolute Gasteiger partial charge is 0.251 e. The Labute approximate surface area is 194 Å². The van der Waals surface area contributed by atoms with E-state index in [-0.39, 0.29) is 10.8 Å². The number of benzene rings is 3. The molecule has 172 valence electrons. The first kappa shape index (κ1) is 23.0. The highest BCUT2D eigenvalue weighted by molar-refractivity contribution is 7.89. The average Bonchev–Trinajstić information content (AvgIpc) is 2.88. The lowest BCUT2D eigenvalue weighted by atomic mass is 10.1. The molecule has 0 spiro atoms. The zero-order valence-corrected chi connectivity index (χ0v) is 19.0. The van der Waals surface area contributed by atoms with Crippen molar-refractivity contribution < 1.29 is 22.7 Å². The maximum absolute atomic E-state index is 12.8. The number of para-hydroxylation sites is 1. The van der Waals surface area contributed by atoms with Crippen LogP contribution in [0.1, 0.15) is 21.5 Å². The van der Waals surface area contributed by atoms with Gasteiger partial charge in [0.25, 0.3) is 5.91 Å². The van der Waals surface area contributed by atoms with E-state index in [1.54, 1.807) is 12.1 Å². The lowest BCUT2D eigenvalue weighted by molar-refractivity contribution is 0.0730. The van der Waals surface area contributed by atoms with Crippen molar-refractivity contribution >= 4 is 15.9 Å². The lowest BCUT2D eigenvalue weighted by Gasteiger charge is -2.26. The Morgan fingerprint density at radius 2 is 1.61 bits per heavy atom. The molecule has 1 fully saturated rings. The molecule has 0 saturated carbocycles. The van der Waals surface area contributed by atoms with Crippen molar-refractivity contribution in [2.24, 2.45) is 0 Å². The number of nitrogens with one attached hydrogen (secondary N) is 1. The summed E-state index contributed by atoms with van der Waals surface area (Å²) < 4.78 is 38.0. The molecule has 3 aromatic carbocycles. The van der Waals surface area contributed by atoms with Crippen molar-refractivity contribution in [3.8, 4) is 5.75 Å². The fraction of sp³-hybridized carbons (Fsp3) is 0.240. The third-order valence-corrected chi connectivity index (χ3v) is 7.22. The number of nitrogens with zero attached hydrogens (tertiary/aromatic N) is 1. The standard InChI is InChI=1S/C25H26N2O5S/c28-25(22-5-4-8-24(17-22)33(29,30)27-13-15-31-16-14-27)26-18-20-9-11-21(12-10-20)19-32-23-6-2-1-3-7-23/h1-12,17H,13-16,18-19H2,(H,26,28). The third kappa shape index (κ3) is 5.98. The topological polar surface area (TPSA) is 84.9 Å². The van der Waals surface area contributed by atoms with Crippen molar-refractivity contribution in [2.45, 2.75) is 18.0 Å². The molecule has 7 nitrogen and oxygen atoms in total. The van der Waals surface area contributed by atoms with Crippen LogP contribution in [0, 0.1) is 0 Å². The maximum Gasteiger partial charge on any atom is 0.251 e. The summed E-state index contributed by atoms with van der Waals surface area (Å²) in [5, 5.41) is 2.85. The number of morpholine rings is 1. The molecular formula is C25H26N2O5S. The van der Waals surface area contributed by atoms with Gasteiger partial charge in [0.2, 0.25) is 10.0 Å². The molecule has 33 heavy (non-hydrogen) atoms. The lowest BCUT2D eigenvalue weighted by Crippen LogP contribution is -2.40. The first-order valence-corrected chi connectivity index (χ1v) is 12.2. The van der Waals surface area contributed by atoms with Crippen molar-refractivity contribution in [1.82, 2.24) is 9.62 Å². The second-order valence-electron chi connectivity index (χ2n) is 7.65. The molecule has 1 saturated heterocycles. The number of carbonyl (C=O) groups excluding carboxylic acids is 1. The van der Waals surface area contributed by atoms with Gasteiger partial charge in [-0.3, -0.25) is 4.79 Å². The monoisotopic (exact) mass is 466 g/mol. The molecule has 4 rings (SSSR count). The van der Waals surface area contributed by atoms with E-state index in [4.69, 9.17) is 9.47 Å². The number of amides is 1. The highest BCUT2D eigenvalue weighted by atomic mass is 32.2. The van der Waals surface area contributed by atoms with Crippen LogP contribution in [0.2, 0.25) is 0 Å². The summed E-state index contributed by atoms with van der Waals surface area (Å²) in [6, 6.07) is 23.5. The molecule has 0 unspecified atom stereocenters. The number of carbonyl (C=O) groups is 1. The summed E-state index contributed by atoms with van der Waals surface area (Å²) >= 11 is 0. The van der Waals surface area contributed by atoms with Crippen LogP contribution in [-0.2, 0) is 27.9 Å². The second-order valence-corrected chi connectivity index (χ2v) is 9.58. The van der Waals surface area contributed by atoms with Crippen LogP contribution in [-0.4, -0.2) is 44.9 Å². The zero-order chi connectivity index (χ0) is 23.1. The highest BCUT2D eigenvalue weighted by Gasteiger charge is 2.26. The summed E-state index contributed by atoms with van der Waals surface area (Å²) in [5.74, 6) is 0.484. The molecule has 0 bridgehead atoms. The number of hydrogen-bond donors (Lipinski definition) is 1. The molecule has 1 heterocycles. The van der Waals surface area contributed by atoms with Gasteiger partial charge >= 0.3 is 0 Å². The molecule has 1 amide bonds.